The van der Waals surface area contributed by atoms with Crippen LogP contribution in [0.1, 0.15) is 90.9 Å². The van der Waals surface area contributed by atoms with Crippen molar-refractivity contribution < 1.29 is 0 Å². The Kier molecular flexibility index (Phi) is 8.70. The molecule has 0 spiro atoms. The van der Waals surface area contributed by atoms with E-state index >= 15 is 0 Å². The first kappa shape index (κ1) is 19.3. The predicted molar refractivity (Wildman–Crippen MR) is 107 cm³/mol. The average molecular weight is 330 g/mol. The van der Waals surface area contributed by atoms with Crippen LogP contribution < -0.4 is 5.32 Å². The first-order valence-electron chi connectivity index (χ1n) is 10.5. The Morgan fingerprint density at radius 2 is 1.92 bits per heavy atom. The van der Waals surface area contributed by atoms with Gasteiger partial charge in [-0.25, -0.2) is 0 Å². The molecule has 0 aliphatic heterocycles. The summed E-state index contributed by atoms with van der Waals surface area (Å²) in [5.41, 5.74) is 2.89. The van der Waals surface area contributed by atoms with E-state index in [-0.39, 0.29) is 0 Å². The molecule has 0 saturated heterocycles. The molecule has 2 aliphatic rings. The van der Waals surface area contributed by atoms with Gasteiger partial charge in [-0.05, 0) is 62.4 Å². The van der Waals surface area contributed by atoms with Gasteiger partial charge in [0, 0.05) is 11.7 Å². The molecule has 1 heteroatoms. The summed E-state index contributed by atoms with van der Waals surface area (Å²) in [4.78, 5) is 0. The highest BCUT2D eigenvalue weighted by Crippen LogP contribution is 2.37. The molecule has 0 radical (unpaired) electrons. The molecule has 2 aliphatic carbocycles. The Labute approximate surface area is 150 Å². The predicted octanol–water partition coefficient (Wildman–Crippen LogP) is 6.92. The molecule has 0 heterocycles. The quantitative estimate of drug-likeness (QED) is 0.429. The third kappa shape index (κ3) is 6.49. The van der Waals surface area contributed by atoms with E-state index in [1.807, 2.05) is 0 Å². The van der Waals surface area contributed by atoms with Gasteiger partial charge >= 0.3 is 0 Å². The van der Waals surface area contributed by atoms with Crippen molar-refractivity contribution >= 4 is 0 Å². The summed E-state index contributed by atoms with van der Waals surface area (Å²) >= 11 is 0. The summed E-state index contributed by atoms with van der Waals surface area (Å²) in [6.45, 7) is 8.95. The molecule has 0 bridgehead atoms. The van der Waals surface area contributed by atoms with Crippen molar-refractivity contribution in [2.24, 2.45) is 11.8 Å². The van der Waals surface area contributed by atoms with Crippen LogP contribution in [-0.2, 0) is 0 Å². The van der Waals surface area contributed by atoms with E-state index < -0.39 is 0 Å². The fourth-order valence-corrected chi connectivity index (χ4v) is 4.40. The molecule has 0 aromatic heterocycles. The fourth-order valence-electron chi connectivity index (χ4n) is 4.40. The smallest absolute Gasteiger partial charge is 0.0266 e. The first-order chi connectivity index (χ1) is 11.7. The molecule has 1 fully saturated rings. The maximum absolute atomic E-state index is 4.32. The van der Waals surface area contributed by atoms with Crippen molar-refractivity contribution in [2.75, 3.05) is 0 Å². The van der Waals surface area contributed by atoms with Crippen LogP contribution in [0.3, 0.4) is 0 Å². The zero-order chi connectivity index (χ0) is 17.2. The minimum atomic E-state index is 0.632. The van der Waals surface area contributed by atoms with Gasteiger partial charge < -0.3 is 5.32 Å². The molecule has 0 aromatic carbocycles. The van der Waals surface area contributed by atoms with Crippen LogP contribution in [0.25, 0.3) is 0 Å². The number of hydrogen-bond donors (Lipinski definition) is 1. The molecule has 0 aromatic rings. The average Bonchev–Trinajstić information content (AvgIpc) is 2.62. The van der Waals surface area contributed by atoms with Gasteiger partial charge in [0.15, 0.2) is 0 Å². The summed E-state index contributed by atoms with van der Waals surface area (Å²) in [6, 6.07) is 0.632. The highest BCUT2D eigenvalue weighted by Gasteiger charge is 2.29. The van der Waals surface area contributed by atoms with E-state index in [1.165, 1.54) is 76.3 Å². The lowest BCUT2D eigenvalue weighted by Gasteiger charge is -2.37. The summed E-state index contributed by atoms with van der Waals surface area (Å²) in [6.07, 6.45) is 22.9. The second-order valence-corrected chi connectivity index (χ2v) is 7.97. The Balaban J connectivity index is 1.79. The Hall–Kier alpha value is -0.980. The van der Waals surface area contributed by atoms with E-state index in [4.69, 9.17) is 0 Å². The molecule has 1 N–H and O–H groups in total. The summed E-state index contributed by atoms with van der Waals surface area (Å²) < 4.78 is 0. The van der Waals surface area contributed by atoms with Gasteiger partial charge in [0.1, 0.15) is 0 Å². The molecule has 1 nitrogen and oxygen atoms in total. The first-order valence-corrected chi connectivity index (χ1v) is 10.5. The van der Waals surface area contributed by atoms with Crippen molar-refractivity contribution in [3.63, 3.8) is 0 Å². The van der Waals surface area contributed by atoms with Crippen molar-refractivity contribution in [3.8, 4) is 0 Å². The van der Waals surface area contributed by atoms with E-state index in [0.29, 0.717) is 6.04 Å². The van der Waals surface area contributed by atoms with Crippen molar-refractivity contribution in [3.05, 3.63) is 36.1 Å². The van der Waals surface area contributed by atoms with Gasteiger partial charge in [-0.2, -0.15) is 0 Å². The van der Waals surface area contributed by atoms with Gasteiger partial charge in [-0.15, -0.1) is 0 Å². The normalized spacial score (nSPS) is 26.9. The summed E-state index contributed by atoms with van der Waals surface area (Å²) in [7, 11) is 0. The lowest BCUT2D eigenvalue weighted by Crippen LogP contribution is -2.37. The minimum Gasteiger partial charge on any atom is -0.386 e. The number of unbranched alkanes of at least 4 members (excludes halogenated alkanes) is 4. The lowest BCUT2D eigenvalue weighted by atomic mass is 9.73. The monoisotopic (exact) mass is 329 g/mol. The van der Waals surface area contributed by atoms with Gasteiger partial charge in [0.25, 0.3) is 0 Å². The lowest BCUT2D eigenvalue weighted by molar-refractivity contribution is 0.240. The van der Waals surface area contributed by atoms with Gasteiger partial charge in [-0.3, -0.25) is 0 Å². The van der Waals surface area contributed by atoms with Crippen molar-refractivity contribution in [2.45, 2.75) is 96.9 Å². The Morgan fingerprint density at radius 1 is 1.08 bits per heavy atom. The summed E-state index contributed by atoms with van der Waals surface area (Å²) in [5, 5.41) is 3.80. The maximum Gasteiger partial charge on any atom is 0.0266 e. The number of rotatable bonds is 10. The van der Waals surface area contributed by atoms with E-state index in [9.17, 15) is 0 Å². The van der Waals surface area contributed by atoms with Crippen molar-refractivity contribution in [1.29, 1.82) is 0 Å². The van der Waals surface area contributed by atoms with E-state index in [0.717, 1.165) is 18.3 Å². The van der Waals surface area contributed by atoms with Gasteiger partial charge in [0.05, 0.1) is 0 Å². The highest BCUT2D eigenvalue weighted by molar-refractivity contribution is 5.26. The minimum absolute atomic E-state index is 0.632. The molecule has 3 unspecified atom stereocenters. The van der Waals surface area contributed by atoms with Crippen LogP contribution in [0.5, 0.6) is 0 Å². The zero-order valence-corrected chi connectivity index (χ0v) is 16.2. The third-order valence-corrected chi connectivity index (χ3v) is 5.87. The highest BCUT2D eigenvalue weighted by atomic mass is 14.9. The molecule has 2 rings (SSSR count). The van der Waals surface area contributed by atoms with Crippen LogP contribution in [0.4, 0.5) is 0 Å². The van der Waals surface area contributed by atoms with Crippen LogP contribution in [0, 0.1) is 11.8 Å². The number of nitrogens with one attached hydrogen (secondary N) is 1. The molecule has 136 valence electrons. The van der Waals surface area contributed by atoms with Crippen LogP contribution >= 0.6 is 0 Å². The molecule has 24 heavy (non-hydrogen) atoms. The van der Waals surface area contributed by atoms with E-state index in [2.05, 4.69) is 44.0 Å². The van der Waals surface area contributed by atoms with Crippen LogP contribution in [0.2, 0.25) is 0 Å². The SMILES string of the molecule is C=C(CCCCCCC)NC1CC(CC)CC(C2=CCCC=C2)C1. The topological polar surface area (TPSA) is 12.0 Å². The third-order valence-electron chi connectivity index (χ3n) is 5.87. The molecule has 3 atom stereocenters. The molecular formula is C23H39N. The number of hydrogen-bond acceptors (Lipinski definition) is 1. The maximum atomic E-state index is 4.32. The van der Waals surface area contributed by atoms with Gasteiger partial charge in [0.2, 0.25) is 0 Å². The molecule has 1 saturated carbocycles. The Morgan fingerprint density at radius 3 is 2.62 bits per heavy atom. The largest absolute Gasteiger partial charge is 0.386 e. The second kappa shape index (κ2) is 10.8. The van der Waals surface area contributed by atoms with Crippen LogP contribution in [0.15, 0.2) is 36.1 Å². The molecular weight excluding hydrogens is 290 g/mol. The Bertz CT molecular complexity index is 431. The molecule has 0 amide bonds. The zero-order valence-electron chi connectivity index (χ0n) is 16.2. The second-order valence-electron chi connectivity index (χ2n) is 7.97. The summed E-state index contributed by atoms with van der Waals surface area (Å²) in [5.74, 6) is 1.63. The van der Waals surface area contributed by atoms with E-state index in [1.54, 1.807) is 5.57 Å². The van der Waals surface area contributed by atoms with Crippen molar-refractivity contribution in [1.82, 2.24) is 5.32 Å². The van der Waals surface area contributed by atoms with Gasteiger partial charge in [-0.1, -0.05) is 70.8 Å². The standard InChI is InChI=1S/C23H39N/c1-4-6-7-8-10-13-19(3)24-23-17-20(5-2)16-22(18-23)21-14-11-9-12-15-21/h11,14-15,20,22-24H,3-10,12-13,16-18H2,1-2H3. The fraction of sp³-hybridized carbons (Fsp3) is 0.739. The van der Waals surface area contributed by atoms with Crippen LogP contribution in [-0.4, -0.2) is 6.04 Å². The number of allylic oxidation sites excluding steroid dienone is 5.